The molecule has 0 aromatic heterocycles. The topological polar surface area (TPSA) is 9.23 Å². The summed E-state index contributed by atoms with van der Waals surface area (Å²) in [5, 5.41) is 0. The van der Waals surface area contributed by atoms with Gasteiger partial charge >= 0.3 is 0 Å². The molecule has 440 valence electrons. The number of hydrogen-bond acceptors (Lipinski definition) is 1. The fourth-order valence-electron chi connectivity index (χ4n) is 12.2. The van der Waals surface area contributed by atoms with Crippen molar-refractivity contribution in [3.63, 3.8) is 0 Å². The summed E-state index contributed by atoms with van der Waals surface area (Å²) in [5.74, 6) is 1.59. The van der Waals surface area contributed by atoms with Crippen LogP contribution in [0.3, 0.4) is 0 Å². The van der Waals surface area contributed by atoms with Crippen LogP contribution in [0.25, 0.3) is 0 Å². The smallest absolute Gasteiger partial charge is 0.0494 e. The van der Waals surface area contributed by atoms with E-state index in [1.807, 2.05) is 0 Å². The second kappa shape index (κ2) is 68.1. The summed E-state index contributed by atoms with van der Waals surface area (Å²) in [6.45, 7) is 11.4. The lowest BCUT2D eigenvalue weighted by Crippen LogP contribution is -2.16. The van der Waals surface area contributed by atoms with Gasteiger partial charge in [0.2, 0.25) is 0 Å². The van der Waals surface area contributed by atoms with Gasteiger partial charge in [-0.05, 0) is 37.5 Å². The Morgan fingerprint density at radius 2 is 0.260 bits per heavy atom. The van der Waals surface area contributed by atoms with Crippen LogP contribution in [-0.2, 0) is 4.74 Å². The van der Waals surface area contributed by atoms with Crippen molar-refractivity contribution in [1.29, 1.82) is 0 Å². The molecular weight excluding hydrogens is 881 g/mol. The highest BCUT2D eigenvalue weighted by Crippen LogP contribution is 2.25. The molecule has 73 heavy (non-hydrogen) atoms. The predicted octanol–water partition coefficient (Wildman–Crippen LogP) is 27.3. The molecule has 0 bridgehead atoms. The first-order valence-corrected chi connectivity index (χ1v) is 35.9. The van der Waals surface area contributed by atoms with Gasteiger partial charge in [0, 0.05) is 13.2 Å². The van der Waals surface area contributed by atoms with Gasteiger partial charge in [-0.15, -0.1) is 0 Å². The van der Waals surface area contributed by atoms with E-state index >= 15 is 0 Å². The molecule has 0 saturated carbocycles. The predicted molar refractivity (Wildman–Crippen MR) is 336 cm³/mol. The zero-order valence-electron chi connectivity index (χ0n) is 52.2. The fourth-order valence-corrected chi connectivity index (χ4v) is 12.2. The van der Waals surface area contributed by atoms with Gasteiger partial charge in [-0.1, -0.05) is 413 Å². The molecule has 0 aromatic carbocycles. The third-order valence-electron chi connectivity index (χ3n) is 17.6. The Bertz CT molecular complexity index is 839. The van der Waals surface area contributed by atoms with Crippen molar-refractivity contribution in [3.05, 3.63) is 0 Å². The second-order valence-electron chi connectivity index (χ2n) is 25.2. The van der Waals surface area contributed by atoms with Gasteiger partial charge in [0.25, 0.3) is 0 Å². The number of rotatable bonds is 68. The van der Waals surface area contributed by atoms with Gasteiger partial charge in [0.1, 0.15) is 0 Å². The number of unbranched alkanes of at least 4 members (excludes halogenated alkanes) is 56. The van der Waals surface area contributed by atoms with Crippen LogP contribution < -0.4 is 0 Å². The van der Waals surface area contributed by atoms with Crippen molar-refractivity contribution in [1.82, 2.24) is 0 Å². The average molecular weight is 1030 g/mol. The third-order valence-corrected chi connectivity index (χ3v) is 17.6. The van der Waals surface area contributed by atoms with E-state index in [0.717, 1.165) is 25.0 Å². The van der Waals surface area contributed by atoms with E-state index in [2.05, 4.69) is 27.7 Å². The van der Waals surface area contributed by atoms with Gasteiger partial charge in [0.05, 0.1) is 0 Å². The monoisotopic (exact) mass is 1030 g/mol. The van der Waals surface area contributed by atoms with Crippen molar-refractivity contribution in [2.45, 2.75) is 439 Å². The van der Waals surface area contributed by atoms with E-state index in [1.165, 1.54) is 411 Å². The van der Waals surface area contributed by atoms with Crippen LogP contribution in [0.1, 0.15) is 439 Å². The SMILES string of the molecule is CCCCCCCCCCCCCCCCCCC(CCCCCCCCCCCCCCCC)COCC(CCCCCCCCCCCCCCCC)CCCCCCCCCCCCCCCCCC. The van der Waals surface area contributed by atoms with E-state index in [1.54, 1.807) is 0 Å². The molecule has 1 nitrogen and oxygen atoms in total. The quantitative estimate of drug-likeness (QED) is 0.0552. The summed E-state index contributed by atoms with van der Waals surface area (Å²) < 4.78 is 6.86. The molecule has 0 rings (SSSR count). The second-order valence-corrected chi connectivity index (χ2v) is 25.2. The van der Waals surface area contributed by atoms with E-state index in [-0.39, 0.29) is 0 Å². The Balaban J connectivity index is 4.76. The molecule has 0 aromatic rings. The highest BCUT2D eigenvalue weighted by molar-refractivity contribution is 4.65. The van der Waals surface area contributed by atoms with E-state index in [9.17, 15) is 0 Å². The van der Waals surface area contributed by atoms with E-state index in [0.29, 0.717) is 0 Å². The average Bonchev–Trinajstić information content (AvgIpc) is 3.40. The number of ether oxygens (including phenoxy) is 1. The van der Waals surface area contributed by atoms with Crippen LogP contribution in [0.4, 0.5) is 0 Å². The minimum absolute atomic E-state index is 0.793. The van der Waals surface area contributed by atoms with E-state index < -0.39 is 0 Å². The molecule has 0 aliphatic rings. The van der Waals surface area contributed by atoms with Crippen LogP contribution >= 0.6 is 0 Å². The molecule has 0 spiro atoms. The van der Waals surface area contributed by atoms with Crippen LogP contribution in [0.5, 0.6) is 0 Å². The first-order valence-electron chi connectivity index (χ1n) is 35.9. The normalized spacial score (nSPS) is 12.7. The first-order chi connectivity index (χ1) is 36.3. The van der Waals surface area contributed by atoms with E-state index in [4.69, 9.17) is 4.74 Å². The summed E-state index contributed by atoms with van der Waals surface area (Å²) >= 11 is 0. The summed E-state index contributed by atoms with van der Waals surface area (Å²) in [4.78, 5) is 0. The van der Waals surface area contributed by atoms with Crippen LogP contribution in [0.15, 0.2) is 0 Å². The molecule has 0 aliphatic heterocycles. The van der Waals surface area contributed by atoms with Crippen LogP contribution in [0.2, 0.25) is 0 Å². The molecule has 2 unspecified atom stereocenters. The Labute approximate surface area is 466 Å². The minimum atomic E-state index is 0.793. The van der Waals surface area contributed by atoms with Crippen LogP contribution in [-0.4, -0.2) is 13.2 Å². The van der Waals surface area contributed by atoms with Gasteiger partial charge in [-0.3, -0.25) is 0 Å². The lowest BCUT2D eigenvalue weighted by atomic mass is 9.93. The molecule has 0 heterocycles. The van der Waals surface area contributed by atoms with Crippen molar-refractivity contribution in [2.24, 2.45) is 11.8 Å². The molecular formula is C72H146O. The van der Waals surface area contributed by atoms with Gasteiger partial charge < -0.3 is 4.74 Å². The molecule has 0 saturated heterocycles. The van der Waals surface area contributed by atoms with Crippen molar-refractivity contribution in [2.75, 3.05) is 13.2 Å². The lowest BCUT2D eigenvalue weighted by molar-refractivity contribution is 0.0586. The maximum atomic E-state index is 6.86. The van der Waals surface area contributed by atoms with Crippen molar-refractivity contribution < 1.29 is 4.74 Å². The third kappa shape index (κ3) is 64.4. The Hall–Kier alpha value is -0.0400. The Morgan fingerprint density at radius 1 is 0.151 bits per heavy atom. The maximum absolute atomic E-state index is 6.86. The first kappa shape index (κ1) is 73.0. The molecule has 0 amide bonds. The fraction of sp³-hybridized carbons (Fsp3) is 1.00. The van der Waals surface area contributed by atoms with Crippen molar-refractivity contribution >= 4 is 0 Å². The number of hydrogen-bond donors (Lipinski definition) is 0. The molecule has 1 heteroatoms. The van der Waals surface area contributed by atoms with Crippen molar-refractivity contribution in [3.8, 4) is 0 Å². The molecule has 0 N–H and O–H groups in total. The molecule has 0 aliphatic carbocycles. The van der Waals surface area contributed by atoms with Crippen LogP contribution in [0, 0.1) is 11.8 Å². The largest absolute Gasteiger partial charge is 0.381 e. The molecule has 2 atom stereocenters. The molecule has 0 radical (unpaired) electrons. The summed E-state index contributed by atoms with van der Waals surface area (Å²) in [6.07, 6.45) is 93.3. The highest BCUT2D eigenvalue weighted by Gasteiger charge is 2.14. The highest BCUT2D eigenvalue weighted by atomic mass is 16.5. The Morgan fingerprint density at radius 3 is 0.384 bits per heavy atom. The zero-order chi connectivity index (χ0) is 52.5. The Kier molecular flexibility index (Phi) is 68.0. The summed E-state index contributed by atoms with van der Waals surface area (Å²) in [6, 6.07) is 0. The molecule has 0 fully saturated rings. The van der Waals surface area contributed by atoms with Gasteiger partial charge in [0.15, 0.2) is 0 Å². The summed E-state index contributed by atoms with van der Waals surface area (Å²) in [5.41, 5.74) is 0. The zero-order valence-corrected chi connectivity index (χ0v) is 52.2. The lowest BCUT2D eigenvalue weighted by Gasteiger charge is -2.21. The maximum Gasteiger partial charge on any atom is 0.0494 e. The standard InChI is InChI=1S/C72H146O/c1-5-9-13-17-21-25-29-33-37-39-43-47-51-55-59-63-67-71(65-61-57-53-49-45-41-35-31-27-23-19-15-11-7-3)69-73-70-72(66-62-58-54-50-46-42-36-32-28-24-20-16-12-8-4)68-64-60-56-52-48-44-40-38-34-30-26-22-18-14-10-6-2/h71-72H,5-70H2,1-4H3. The van der Waals surface area contributed by atoms with Gasteiger partial charge in [-0.2, -0.15) is 0 Å². The van der Waals surface area contributed by atoms with Gasteiger partial charge in [-0.25, -0.2) is 0 Å². The summed E-state index contributed by atoms with van der Waals surface area (Å²) in [7, 11) is 0. The minimum Gasteiger partial charge on any atom is -0.381 e.